The molecule has 1 fully saturated rings. The van der Waals surface area contributed by atoms with Gasteiger partial charge < -0.3 is 10.6 Å². The van der Waals surface area contributed by atoms with E-state index in [1.54, 1.807) is 7.05 Å². The first-order chi connectivity index (χ1) is 8.27. The lowest BCUT2D eigenvalue weighted by molar-refractivity contribution is -0.120. The maximum Gasteiger partial charge on any atom is 0.233 e. The van der Waals surface area contributed by atoms with Gasteiger partial charge in [-0.1, -0.05) is 36.8 Å². The minimum absolute atomic E-state index is 0.0784. The van der Waals surface area contributed by atoms with Crippen molar-refractivity contribution in [2.75, 3.05) is 20.1 Å². The minimum atomic E-state index is 0.0784. The fourth-order valence-electron chi connectivity index (χ4n) is 2.45. The van der Waals surface area contributed by atoms with Crippen molar-refractivity contribution in [3.8, 4) is 0 Å². The molecule has 0 radical (unpaired) electrons. The molecule has 0 unspecified atom stereocenters. The van der Waals surface area contributed by atoms with Crippen molar-refractivity contribution in [2.24, 2.45) is 0 Å². The molecule has 0 bridgehead atoms. The number of benzene rings is 1. The van der Waals surface area contributed by atoms with E-state index in [1.807, 2.05) is 6.07 Å². The van der Waals surface area contributed by atoms with E-state index in [2.05, 4.69) is 34.9 Å². The summed E-state index contributed by atoms with van der Waals surface area (Å²) in [4.78, 5) is 11.5. The van der Waals surface area contributed by atoms with Gasteiger partial charge in [0.05, 0.1) is 6.54 Å². The topological polar surface area (TPSA) is 41.1 Å². The first-order valence-corrected chi connectivity index (χ1v) is 6.24. The zero-order valence-corrected chi connectivity index (χ0v) is 10.3. The lowest BCUT2D eigenvalue weighted by Gasteiger charge is -2.42. The fourth-order valence-corrected chi connectivity index (χ4v) is 2.45. The summed E-state index contributed by atoms with van der Waals surface area (Å²) in [5.41, 5.74) is 1.54. The summed E-state index contributed by atoms with van der Waals surface area (Å²) in [5, 5.41) is 5.89. The molecule has 0 saturated heterocycles. The van der Waals surface area contributed by atoms with Crippen LogP contribution in [-0.2, 0) is 10.2 Å². The highest BCUT2D eigenvalue weighted by molar-refractivity contribution is 5.78. The zero-order chi connectivity index (χ0) is 12.1. The third-order valence-corrected chi connectivity index (χ3v) is 3.66. The highest BCUT2D eigenvalue weighted by atomic mass is 16.1. The molecule has 0 spiro atoms. The van der Waals surface area contributed by atoms with E-state index in [9.17, 15) is 4.79 Å². The molecule has 0 aliphatic heterocycles. The van der Waals surface area contributed by atoms with Crippen molar-refractivity contribution >= 4 is 5.91 Å². The van der Waals surface area contributed by atoms with Crippen LogP contribution >= 0.6 is 0 Å². The van der Waals surface area contributed by atoms with E-state index in [-0.39, 0.29) is 11.3 Å². The number of hydrogen-bond donors (Lipinski definition) is 2. The Balaban J connectivity index is 1.99. The normalized spacial score (nSPS) is 17.2. The maximum atomic E-state index is 11.5. The smallest absolute Gasteiger partial charge is 0.233 e. The first kappa shape index (κ1) is 12.1. The van der Waals surface area contributed by atoms with E-state index < -0.39 is 0 Å². The molecular weight excluding hydrogens is 212 g/mol. The van der Waals surface area contributed by atoms with Crippen LogP contribution in [-0.4, -0.2) is 26.0 Å². The van der Waals surface area contributed by atoms with Crippen LogP contribution in [0.4, 0.5) is 0 Å². The zero-order valence-electron chi connectivity index (χ0n) is 10.3. The average Bonchev–Trinajstić information content (AvgIpc) is 2.29. The Hall–Kier alpha value is -1.35. The summed E-state index contributed by atoms with van der Waals surface area (Å²) in [6.07, 6.45) is 3.62. The number of rotatable bonds is 5. The second-order valence-electron chi connectivity index (χ2n) is 4.81. The number of hydrogen-bond acceptors (Lipinski definition) is 2. The van der Waals surface area contributed by atoms with Gasteiger partial charge in [0.2, 0.25) is 5.91 Å². The summed E-state index contributed by atoms with van der Waals surface area (Å²) in [6, 6.07) is 10.5. The summed E-state index contributed by atoms with van der Waals surface area (Å²) >= 11 is 0. The van der Waals surface area contributed by atoms with Gasteiger partial charge in [0.15, 0.2) is 0 Å². The van der Waals surface area contributed by atoms with Crippen molar-refractivity contribution in [3.05, 3.63) is 35.9 Å². The lowest BCUT2D eigenvalue weighted by atomic mass is 9.64. The Morgan fingerprint density at radius 2 is 2.00 bits per heavy atom. The summed E-state index contributed by atoms with van der Waals surface area (Å²) in [5.74, 6) is 0.0784. The average molecular weight is 232 g/mol. The van der Waals surface area contributed by atoms with Gasteiger partial charge >= 0.3 is 0 Å². The molecule has 0 aromatic heterocycles. The Bertz CT molecular complexity index is 371. The molecule has 92 valence electrons. The number of nitrogens with one attached hydrogen (secondary N) is 2. The predicted molar refractivity (Wildman–Crippen MR) is 68.9 cm³/mol. The van der Waals surface area contributed by atoms with Crippen LogP contribution in [0.2, 0.25) is 0 Å². The van der Waals surface area contributed by atoms with Crippen molar-refractivity contribution in [2.45, 2.75) is 24.7 Å². The van der Waals surface area contributed by atoms with Gasteiger partial charge in [0.1, 0.15) is 0 Å². The number of carbonyl (C=O) groups excluding carboxylic acids is 1. The Morgan fingerprint density at radius 1 is 1.29 bits per heavy atom. The summed E-state index contributed by atoms with van der Waals surface area (Å²) in [6.45, 7) is 1.16. The van der Waals surface area contributed by atoms with Crippen LogP contribution in [0.3, 0.4) is 0 Å². The first-order valence-electron chi connectivity index (χ1n) is 6.24. The van der Waals surface area contributed by atoms with E-state index in [1.165, 1.54) is 24.8 Å². The quantitative estimate of drug-likeness (QED) is 0.806. The molecule has 3 nitrogen and oxygen atoms in total. The molecule has 1 aliphatic rings. The van der Waals surface area contributed by atoms with Crippen LogP contribution in [0.25, 0.3) is 0 Å². The highest BCUT2D eigenvalue weighted by Crippen LogP contribution is 2.42. The van der Waals surface area contributed by atoms with Crippen LogP contribution in [0.1, 0.15) is 24.8 Å². The van der Waals surface area contributed by atoms with Crippen molar-refractivity contribution in [1.29, 1.82) is 0 Å². The monoisotopic (exact) mass is 232 g/mol. The predicted octanol–water partition coefficient (Wildman–Crippen LogP) is 1.44. The lowest BCUT2D eigenvalue weighted by Crippen LogP contribution is -2.47. The standard InChI is InChI=1S/C14H20N2O/c1-15-10-13(17)16-11-14(8-5-9-14)12-6-3-2-4-7-12/h2-4,6-7,15H,5,8-11H2,1H3,(H,16,17). The Kier molecular flexibility index (Phi) is 3.79. The molecule has 2 rings (SSSR count). The van der Waals surface area contributed by atoms with Gasteiger partial charge in [-0.15, -0.1) is 0 Å². The van der Waals surface area contributed by atoms with E-state index in [0.29, 0.717) is 6.54 Å². The second kappa shape index (κ2) is 5.32. The molecule has 1 saturated carbocycles. The van der Waals surface area contributed by atoms with Crippen LogP contribution in [0.15, 0.2) is 30.3 Å². The van der Waals surface area contributed by atoms with E-state index in [0.717, 1.165) is 6.54 Å². The van der Waals surface area contributed by atoms with Gasteiger partial charge in [0, 0.05) is 12.0 Å². The van der Waals surface area contributed by atoms with E-state index in [4.69, 9.17) is 0 Å². The van der Waals surface area contributed by atoms with Crippen molar-refractivity contribution < 1.29 is 4.79 Å². The molecule has 3 heteroatoms. The Labute approximate surface area is 103 Å². The van der Waals surface area contributed by atoms with Crippen molar-refractivity contribution in [3.63, 3.8) is 0 Å². The molecule has 1 aromatic rings. The molecule has 1 aliphatic carbocycles. The molecule has 2 N–H and O–H groups in total. The number of likely N-dealkylation sites (N-methyl/N-ethyl adjacent to an activating group) is 1. The third kappa shape index (κ3) is 2.67. The van der Waals surface area contributed by atoms with Crippen molar-refractivity contribution in [1.82, 2.24) is 10.6 Å². The SMILES string of the molecule is CNCC(=O)NCC1(c2ccccc2)CCC1. The Morgan fingerprint density at radius 3 is 2.53 bits per heavy atom. The van der Waals surface area contributed by atoms with Crippen LogP contribution in [0.5, 0.6) is 0 Å². The highest BCUT2D eigenvalue weighted by Gasteiger charge is 2.38. The van der Waals surface area contributed by atoms with Gasteiger partial charge in [-0.3, -0.25) is 4.79 Å². The molecule has 0 heterocycles. The van der Waals surface area contributed by atoms with Gasteiger partial charge in [-0.05, 0) is 25.5 Å². The van der Waals surface area contributed by atoms with Gasteiger partial charge in [-0.2, -0.15) is 0 Å². The van der Waals surface area contributed by atoms with Gasteiger partial charge in [0.25, 0.3) is 0 Å². The molecule has 0 atom stereocenters. The van der Waals surface area contributed by atoms with Gasteiger partial charge in [-0.25, -0.2) is 0 Å². The van der Waals surface area contributed by atoms with E-state index >= 15 is 0 Å². The van der Waals surface area contributed by atoms with Crippen LogP contribution in [0, 0.1) is 0 Å². The molecule has 1 aromatic carbocycles. The fraction of sp³-hybridized carbons (Fsp3) is 0.500. The molecule has 1 amide bonds. The summed E-state index contributed by atoms with van der Waals surface area (Å²) in [7, 11) is 1.79. The molecule has 17 heavy (non-hydrogen) atoms. The maximum absolute atomic E-state index is 11.5. The van der Waals surface area contributed by atoms with Crippen LogP contribution < -0.4 is 10.6 Å². The largest absolute Gasteiger partial charge is 0.354 e. The number of amides is 1. The third-order valence-electron chi connectivity index (χ3n) is 3.66. The minimum Gasteiger partial charge on any atom is -0.354 e. The second-order valence-corrected chi connectivity index (χ2v) is 4.81. The summed E-state index contributed by atoms with van der Waals surface area (Å²) < 4.78 is 0. The molecular formula is C14H20N2O. The number of carbonyl (C=O) groups is 1.